The molecule has 1 N–H and O–H groups in total. The lowest BCUT2D eigenvalue weighted by Gasteiger charge is -2.22. The maximum Gasteiger partial charge on any atom is 0.331 e. The Morgan fingerprint density at radius 3 is 3.00 bits per heavy atom. The summed E-state index contributed by atoms with van der Waals surface area (Å²) in [4.78, 5) is 24.9. The largest absolute Gasteiger partial charge is 0.467 e. The quantitative estimate of drug-likeness (QED) is 0.345. The van der Waals surface area contributed by atoms with Crippen LogP contribution < -0.4 is 0 Å². The van der Waals surface area contributed by atoms with Crippen molar-refractivity contribution in [3.63, 3.8) is 0 Å². The molecule has 1 amide bonds. The maximum absolute atomic E-state index is 12.1. The summed E-state index contributed by atoms with van der Waals surface area (Å²) in [6.45, 7) is 1.05. The SMILES string of the molecule is COC(=O)COCCCCN1C(=O)CCC1/C=C/C(O)Cc1cccc(Cl)c1. The molecular weight excluding hydrogens is 382 g/mol. The summed E-state index contributed by atoms with van der Waals surface area (Å²) in [5, 5.41) is 10.9. The normalized spacial score (nSPS) is 18.0. The number of benzene rings is 1. The third kappa shape index (κ3) is 7.62. The first-order valence-corrected chi connectivity index (χ1v) is 9.92. The summed E-state index contributed by atoms with van der Waals surface area (Å²) in [6, 6.07) is 7.44. The summed E-state index contributed by atoms with van der Waals surface area (Å²) in [5.74, 6) is -0.259. The number of halogens is 1. The molecule has 1 aliphatic heterocycles. The van der Waals surface area contributed by atoms with Gasteiger partial charge in [0, 0.05) is 31.0 Å². The van der Waals surface area contributed by atoms with Crippen molar-refractivity contribution < 1.29 is 24.2 Å². The average Bonchev–Trinajstić information content (AvgIpc) is 3.02. The summed E-state index contributed by atoms with van der Waals surface area (Å²) >= 11 is 5.97. The number of esters is 1. The van der Waals surface area contributed by atoms with E-state index in [9.17, 15) is 14.7 Å². The van der Waals surface area contributed by atoms with E-state index in [0.29, 0.717) is 31.0 Å². The van der Waals surface area contributed by atoms with Gasteiger partial charge in [-0.2, -0.15) is 0 Å². The Kier molecular flexibility index (Phi) is 9.47. The van der Waals surface area contributed by atoms with Gasteiger partial charge in [-0.25, -0.2) is 4.79 Å². The Labute approximate surface area is 171 Å². The number of hydrogen-bond acceptors (Lipinski definition) is 5. The number of likely N-dealkylation sites (tertiary alicyclic amines) is 1. The van der Waals surface area contributed by atoms with Crippen LogP contribution in [0.2, 0.25) is 5.02 Å². The Morgan fingerprint density at radius 1 is 1.43 bits per heavy atom. The van der Waals surface area contributed by atoms with Gasteiger partial charge in [0.05, 0.1) is 19.3 Å². The molecule has 1 aromatic carbocycles. The molecule has 1 aliphatic rings. The Morgan fingerprint density at radius 2 is 2.25 bits per heavy atom. The summed E-state index contributed by atoms with van der Waals surface area (Å²) in [6.07, 6.45) is 6.38. The van der Waals surface area contributed by atoms with Crippen LogP contribution >= 0.6 is 11.6 Å². The molecule has 2 rings (SSSR count). The van der Waals surface area contributed by atoms with Gasteiger partial charge >= 0.3 is 5.97 Å². The second-order valence-corrected chi connectivity index (χ2v) is 7.25. The number of unbranched alkanes of at least 4 members (excludes halogenated alkanes) is 1. The van der Waals surface area contributed by atoms with E-state index in [2.05, 4.69) is 4.74 Å². The van der Waals surface area contributed by atoms with E-state index < -0.39 is 12.1 Å². The minimum absolute atomic E-state index is 0.0116. The third-order valence-corrected chi connectivity index (χ3v) is 4.88. The van der Waals surface area contributed by atoms with Gasteiger partial charge in [-0.1, -0.05) is 35.9 Å². The molecule has 2 atom stereocenters. The molecule has 0 aliphatic carbocycles. The van der Waals surface area contributed by atoms with Crippen molar-refractivity contribution in [1.82, 2.24) is 4.90 Å². The highest BCUT2D eigenvalue weighted by atomic mass is 35.5. The lowest BCUT2D eigenvalue weighted by Crippen LogP contribution is -2.33. The van der Waals surface area contributed by atoms with Gasteiger partial charge < -0.3 is 19.5 Å². The lowest BCUT2D eigenvalue weighted by atomic mass is 10.1. The van der Waals surface area contributed by atoms with Gasteiger partial charge in [-0.05, 0) is 37.0 Å². The van der Waals surface area contributed by atoms with E-state index in [1.165, 1.54) is 7.11 Å². The molecule has 7 heteroatoms. The fourth-order valence-electron chi connectivity index (χ4n) is 3.18. The van der Waals surface area contributed by atoms with Gasteiger partial charge in [0.25, 0.3) is 0 Å². The zero-order valence-corrected chi connectivity index (χ0v) is 16.9. The highest BCUT2D eigenvalue weighted by Crippen LogP contribution is 2.21. The zero-order valence-electron chi connectivity index (χ0n) is 16.2. The maximum atomic E-state index is 12.1. The van der Waals surface area contributed by atoms with Crippen molar-refractivity contribution in [2.75, 3.05) is 26.9 Å². The van der Waals surface area contributed by atoms with Gasteiger partial charge in [-0.3, -0.25) is 4.79 Å². The lowest BCUT2D eigenvalue weighted by molar-refractivity contribution is -0.145. The minimum atomic E-state index is -0.622. The number of amides is 1. The van der Waals surface area contributed by atoms with Gasteiger partial charge in [0.1, 0.15) is 6.61 Å². The summed E-state index contributed by atoms with van der Waals surface area (Å²) in [5.41, 5.74) is 0.968. The second-order valence-electron chi connectivity index (χ2n) is 6.82. The summed E-state index contributed by atoms with van der Waals surface area (Å²) in [7, 11) is 1.32. The first-order chi connectivity index (χ1) is 13.5. The van der Waals surface area contributed by atoms with Crippen molar-refractivity contribution in [2.24, 2.45) is 0 Å². The molecule has 1 fully saturated rings. The molecule has 0 aromatic heterocycles. The van der Waals surface area contributed by atoms with Crippen molar-refractivity contribution in [1.29, 1.82) is 0 Å². The van der Waals surface area contributed by atoms with E-state index in [0.717, 1.165) is 24.8 Å². The van der Waals surface area contributed by atoms with Crippen LogP contribution in [0.5, 0.6) is 0 Å². The van der Waals surface area contributed by atoms with E-state index >= 15 is 0 Å². The standard InChI is InChI=1S/C21H28ClNO5/c1-27-21(26)15-28-12-3-2-11-23-18(8-10-20(23)25)7-9-19(24)14-16-5-4-6-17(22)13-16/h4-7,9,13,18-19,24H,2-3,8,10-12,14-15H2,1H3/b9-7+. The van der Waals surface area contributed by atoms with Crippen LogP contribution in [0.3, 0.4) is 0 Å². The van der Waals surface area contributed by atoms with E-state index in [1.807, 2.05) is 29.2 Å². The van der Waals surface area contributed by atoms with E-state index in [1.54, 1.807) is 12.1 Å². The molecule has 1 saturated heterocycles. The fraction of sp³-hybridized carbons (Fsp3) is 0.524. The van der Waals surface area contributed by atoms with Crippen LogP contribution in [-0.2, 0) is 25.5 Å². The molecule has 0 bridgehead atoms. The number of methoxy groups -OCH3 is 1. The molecule has 6 nitrogen and oxygen atoms in total. The Bertz CT molecular complexity index is 679. The first kappa shape index (κ1) is 22.4. The van der Waals surface area contributed by atoms with Crippen molar-refractivity contribution in [3.05, 3.63) is 47.0 Å². The average molecular weight is 410 g/mol. The predicted octanol–water partition coefficient (Wildman–Crippen LogP) is 2.76. The number of hydrogen-bond donors (Lipinski definition) is 1. The van der Waals surface area contributed by atoms with Crippen molar-refractivity contribution in [3.8, 4) is 0 Å². The molecule has 0 saturated carbocycles. The van der Waals surface area contributed by atoms with Crippen LogP contribution in [0.4, 0.5) is 0 Å². The van der Waals surface area contributed by atoms with Crippen LogP contribution in [0.1, 0.15) is 31.2 Å². The zero-order chi connectivity index (χ0) is 20.4. The third-order valence-electron chi connectivity index (χ3n) is 4.65. The number of carbonyl (C=O) groups excluding carboxylic acids is 2. The minimum Gasteiger partial charge on any atom is -0.467 e. The van der Waals surface area contributed by atoms with Crippen molar-refractivity contribution in [2.45, 2.75) is 44.2 Å². The number of aliphatic hydroxyl groups is 1. The van der Waals surface area contributed by atoms with E-state index in [-0.39, 0.29) is 18.6 Å². The van der Waals surface area contributed by atoms with Crippen LogP contribution in [0, 0.1) is 0 Å². The van der Waals surface area contributed by atoms with Gasteiger partial charge in [0.15, 0.2) is 0 Å². The second kappa shape index (κ2) is 11.8. The molecular formula is C21H28ClNO5. The van der Waals surface area contributed by atoms with E-state index in [4.69, 9.17) is 16.3 Å². The highest BCUT2D eigenvalue weighted by molar-refractivity contribution is 6.30. The number of aliphatic hydroxyl groups excluding tert-OH is 1. The molecule has 28 heavy (non-hydrogen) atoms. The Hall–Kier alpha value is -1.89. The molecule has 1 aromatic rings. The molecule has 1 heterocycles. The number of carbonyl (C=O) groups is 2. The van der Waals surface area contributed by atoms with Crippen LogP contribution in [0.25, 0.3) is 0 Å². The first-order valence-electron chi connectivity index (χ1n) is 9.54. The molecule has 0 radical (unpaired) electrons. The molecule has 0 spiro atoms. The number of ether oxygens (including phenoxy) is 2. The molecule has 154 valence electrons. The highest BCUT2D eigenvalue weighted by Gasteiger charge is 2.28. The van der Waals surface area contributed by atoms with Crippen LogP contribution in [-0.4, -0.2) is 60.9 Å². The summed E-state index contributed by atoms with van der Waals surface area (Å²) < 4.78 is 9.72. The number of nitrogens with zero attached hydrogens (tertiary/aromatic N) is 1. The van der Waals surface area contributed by atoms with Crippen molar-refractivity contribution >= 4 is 23.5 Å². The van der Waals surface area contributed by atoms with Gasteiger partial charge in [0.2, 0.25) is 5.91 Å². The smallest absolute Gasteiger partial charge is 0.331 e. The van der Waals surface area contributed by atoms with Gasteiger partial charge in [-0.15, -0.1) is 0 Å². The van der Waals surface area contributed by atoms with Crippen LogP contribution in [0.15, 0.2) is 36.4 Å². The predicted molar refractivity (Wildman–Crippen MR) is 107 cm³/mol. The fourth-order valence-corrected chi connectivity index (χ4v) is 3.39. The molecule has 2 unspecified atom stereocenters. The number of rotatable bonds is 11. The Balaban J connectivity index is 1.74. The monoisotopic (exact) mass is 409 g/mol. The topological polar surface area (TPSA) is 76.1 Å².